The summed E-state index contributed by atoms with van der Waals surface area (Å²) in [6, 6.07) is 6.31. The molecule has 0 aromatic heterocycles. The molecule has 1 rings (SSSR count). The molecular formula is C12H11F3N2O. The maximum absolute atomic E-state index is 12.7. The van der Waals surface area contributed by atoms with Gasteiger partial charge in [-0.1, -0.05) is 12.1 Å². The second-order valence-corrected chi connectivity index (χ2v) is 3.52. The average molecular weight is 256 g/mol. The Kier molecular flexibility index (Phi) is 4.32. The third-order valence-corrected chi connectivity index (χ3v) is 2.39. The van der Waals surface area contributed by atoms with E-state index < -0.39 is 23.2 Å². The van der Waals surface area contributed by atoms with Gasteiger partial charge in [-0.15, -0.1) is 0 Å². The van der Waals surface area contributed by atoms with Crippen LogP contribution in [0.25, 0.3) is 0 Å². The third-order valence-electron chi connectivity index (χ3n) is 2.39. The van der Waals surface area contributed by atoms with Crippen LogP contribution in [0.4, 0.5) is 13.2 Å². The van der Waals surface area contributed by atoms with Crippen LogP contribution >= 0.6 is 0 Å². The Hall–Kier alpha value is -2.03. The molecule has 0 aliphatic rings. The highest BCUT2D eigenvalue weighted by Crippen LogP contribution is 2.32. The van der Waals surface area contributed by atoms with Crippen molar-refractivity contribution in [3.8, 4) is 6.07 Å². The van der Waals surface area contributed by atoms with Gasteiger partial charge in [-0.25, -0.2) is 0 Å². The highest BCUT2D eigenvalue weighted by Gasteiger charge is 2.35. The highest BCUT2D eigenvalue weighted by molar-refractivity contribution is 5.96. The first-order valence-corrected chi connectivity index (χ1v) is 5.24. The highest BCUT2D eigenvalue weighted by atomic mass is 19.4. The predicted molar refractivity (Wildman–Crippen MR) is 58.6 cm³/mol. The number of halogens is 3. The summed E-state index contributed by atoms with van der Waals surface area (Å²) in [7, 11) is 0. The number of amides is 1. The van der Waals surface area contributed by atoms with Crippen molar-refractivity contribution in [2.45, 2.75) is 13.1 Å². The smallest absolute Gasteiger partial charge is 0.326 e. The number of benzene rings is 1. The van der Waals surface area contributed by atoms with Gasteiger partial charge in [0.1, 0.15) is 6.54 Å². The molecule has 0 aliphatic heterocycles. The van der Waals surface area contributed by atoms with Gasteiger partial charge in [0.15, 0.2) is 0 Å². The monoisotopic (exact) mass is 256 g/mol. The van der Waals surface area contributed by atoms with Crippen LogP contribution in [0.3, 0.4) is 0 Å². The molecule has 6 heteroatoms. The Labute approximate surface area is 102 Å². The van der Waals surface area contributed by atoms with Crippen molar-refractivity contribution in [2.75, 3.05) is 13.1 Å². The molecule has 0 saturated heterocycles. The molecule has 0 N–H and O–H groups in total. The van der Waals surface area contributed by atoms with Gasteiger partial charge >= 0.3 is 6.18 Å². The normalized spacial score (nSPS) is 10.8. The molecule has 1 aromatic carbocycles. The number of rotatable bonds is 3. The van der Waals surface area contributed by atoms with Crippen LogP contribution in [0.1, 0.15) is 22.8 Å². The molecule has 0 fully saturated rings. The maximum Gasteiger partial charge on any atom is 0.417 e. The Balaban J connectivity index is 3.18. The van der Waals surface area contributed by atoms with E-state index in [-0.39, 0.29) is 13.1 Å². The summed E-state index contributed by atoms with van der Waals surface area (Å²) in [6.07, 6.45) is -4.59. The second kappa shape index (κ2) is 5.54. The van der Waals surface area contributed by atoms with Gasteiger partial charge in [-0.05, 0) is 19.1 Å². The third kappa shape index (κ3) is 3.00. The van der Waals surface area contributed by atoms with Gasteiger partial charge < -0.3 is 4.90 Å². The quantitative estimate of drug-likeness (QED) is 0.780. The van der Waals surface area contributed by atoms with Gasteiger partial charge in [0.2, 0.25) is 0 Å². The van der Waals surface area contributed by atoms with Gasteiger partial charge in [0, 0.05) is 6.54 Å². The van der Waals surface area contributed by atoms with E-state index in [1.54, 1.807) is 13.0 Å². The first-order valence-electron chi connectivity index (χ1n) is 5.24. The van der Waals surface area contributed by atoms with Crippen molar-refractivity contribution in [2.24, 2.45) is 0 Å². The predicted octanol–water partition coefficient (Wildman–Crippen LogP) is 2.69. The van der Waals surface area contributed by atoms with E-state index in [4.69, 9.17) is 5.26 Å². The Morgan fingerprint density at radius 2 is 2.00 bits per heavy atom. The summed E-state index contributed by atoms with van der Waals surface area (Å²) >= 11 is 0. The van der Waals surface area contributed by atoms with Crippen LogP contribution in [-0.2, 0) is 6.18 Å². The van der Waals surface area contributed by atoms with E-state index >= 15 is 0 Å². The fraction of sp³-hybridized carbons (Fsp3) is 0.333. The first-order chi connectivity index (χ1) is 8.41. The minimum absolute atomic E-state index is 0.179. The molecule has 1 aromatic rings. The lowest BCUT2D eigenvalue weighted by Gasteiger charge is -2.19. The van der Waals surface area contributed by atoms with Gasteiger partial charge in [0.05, 0.1) is 17.2 Å². The van der Waals surface area contributed by atoms with Crippen molar-refractivity contribution in [3.05, 3.63) is 35.4 Å². The van der Waals surface area contributed by atoms with E-state index in [1.807, 2.05) is 0 Å². The van der Waals surface area contributed by atoms with E-state index in [0.717, 1.165) is 17.0 Å². The summed E-state index contributed by atoms with van der Waals surface area (Å²) in [6.45, 7) is 1.55. The van der Waals surface area contributed by atoms with E-state index in [9.17, 15) is 18.0 Å². The number of carbonyl (C=O) groups excluding carboxylic acids is 1. The van der Waals surface area contributed by atoms with Gasteiger partial charge in [-0.2, -0.15) is 18.4 Å². The number of nitrogens with zero attached hydrogens (tertiary/aromatic N) is 2. The van der Waals surface area contributed by atoms with Crippen LogP contribution in [0.15, 0.2) is 24.3 Å². The van der Waals surface area contributed by atoms with Gasteiger partial charge in [0.25, 0.3) is 5.91 Å². The lowest BCUT2D eigenvalue weighted by Crippen LogP contribution is -2.32. The average Bonchev–Trinajstić information content (AvgIpc) is 2.34. The zero-order valence-electron chi connectivity index (χ0n) is 9.66. The fourth-order valence-electron chi connectivity index (χ4n) is 1.50. The number of nitriles is 1. The Morgan fingerprint density at radius 1 is 1.39 bits per heavy atom. The van der Waals surface area contributed by atoms with Crippen molar-refractivity contribution >= 4 is 5.91 Å². The molecular weight excluding hydrogens is 245 g/mol. The standard InChI is InChI=1S/C12H11F3N2O/c1-2-17(8-7-16)11(18)9-5-3-4-6-10(9)12(13,14)15/h3-6H,2,8H2,1H3. The Morgan fingerprint density at radius 3 is 2.50 bits per heavy atom. The molecule has 0 bridgehead atoms. The molecule has 3 nitrogen and oxygen atoms in total. The maximum atomic E-state index is 12.7. The zero-order chi connectivity index (χ0) is 13.8. The summed E-state index contributed by atoms with van der Waals surface area (Å²) in [4.78, 5) is 13.0. The molecule has 96 valence electrons. The van der Waals surface area contributed by atoms with Crippen molar-refractivity contribution in [3.63, 3.8) is 0 Å². The number of hydrogen-bond acceptors (Lipinski definition) is 2. The lowest BCUT2D eigenvalue weighted by atomic mass is 10.1. The van der Waals surface area contributed by atoms with Crippen LogP contribution < -0.4 is 0 Å². The summed E-state index contributed by atoms with van der Waals surface area (Å²) < 4.78 is 38.2. The second-order valence-electron chi connectivity index (χ2n) is 3.52. The molecule has 0 heterocycles. The molecule has 0 radical (unpaired) electrons. The summed E-state index contributed by atoms with van der Waals surface area (Å²) in [5.74, 6) is -0.785. The molecule has 1 amide bonds. The first kappa shape index (κ1) is 14.0. The molecule has 0 saturated carbocycles. The molecule has 18 heavy (non-hydrogen) atoms. The SMILES string of the molecule is CCN(CC#N)C(=O)c1ccccc1C(F)(F)F. The molecule has 0 spiro atoms. The fourth-order valence-corrected chi connectivity index (χ4v) is 1.50. The van der Waals surface area contributed by atoms with Crippen LogP contribution in [0.2, 0.25) is 0 Å². The molecule has 0 aliphatic carbocycles. The van der Waals surface area contributed by atoms with Crippen LogP contribution in [-0.4, -0.2) is 23.9 Å². The topological polar surface area (TPSA) is 44.1 Å². The molecule has 0 unspecified atom stereocenters. The number of hydrogen-bond donors (Lipinski definition) is 0. The van der Waals surface area contributed by atoms with E-state index in [0.29, 0.717) is 0 Å². The van der Waals surface area contributed by atoms with Crippen molar-refractivity contribution in [1.82, 2.24) is 4.90 Å². The van der Waals surface area contributed by atoms with E-state index in [2.05, 4.69) is 0 Å². The lowest BCUT2D eigenvalue weighted by molar-refractivity contribution is -0.138. The number of carbonyl (C=O) groups is 1. The van der Waals surface area contributed by atoms with Crippen molar-refractivity contribution < 1.29 is 18.0 Å². The van der Waals surface area contributed by atoms with Crippen LogP contribution in [0.5, 0.6) is 0 Å². The zero-order valence-corrected chi connectivity index (χ0v) is 9.66. The van der Waals surface area contributed by atoms with Crippen molar-refractivity contribution in [1.29, 1.82) is 5.26 Å². The minimum Gasteiger partial charge on any atom is -0.326 e. The summed E-state index contributed by atoms with van der Waals surface area (Å²) in [5.41, 5.74) is -1.41. The van der Waals surface area contributed by atoms with E-state index in [1.165, 1.54) is 12.1 Å². The largest absolute Gasteiger partial charge is 0.417 e. The molecule has 0 atom stereocenters. The van der Waals surface area contributed by atoms with Crippen LogP contribution in [0, 0.1) is 11.3 Å². The van der Waals surface area contributed by atoms with Gasteiger partial charge in [-0.3, -0.25) is 4.79 Å². The summed E-state index contributed by atoms with van der Waals surface area (Å²) in [5, 5.41) is 8.53. The number of alkyl halides is 3. The Bertz CT molecular complexity index is 477. The minimum atomic E-state index is -4.59.